The first kappa shape index (κ1) is 21.6. The van der Waals surface area contributed by atoms with Crippen molar-refractivity contribution in [3.05, 3.63) is 30.5 Å². The van der Waals surface area contributed by atoms with Gasteiger partial charge >= 0.3 is 0 Å². The molecule has 1 fully saturated rings. The van der Waals surface area contributed by atoms with Crippen LogP contribution in [0.1, 0.15) is 19.6 Å². The molecule has 0 aromatic carbocycles. The van der Waals surface area contributed by atoms with Gasteiger partial charge in [0.1, 0.15) is 48.2 Å². The van der Waals surface area contributed by atoms with Crippen LogP contribution in [0.25, 0.3) is 11.0 Å². The molecule has 0 bridgehead atoms. The molecule has 0 aliphatic carbocycles. The Morgan fingerprint density at radius 1 is 1.19 bits per heavy atom. The highest BCUT2D eigenvalue weighted by Gasteiger charge is 2.28. The molecule has 3 aromatic rings. The molecular weight excluding hydrogens is 424 g/mol. The van der Waals surface area contributed by atoms with E-state index in [4.69, 9.17) is 9.15 Å². The highest BCUT2D eigenvalue weighted by Crippen LogP contribution is 2.31. The first-order valence-electron chi connectivity index (χ1n) is 9.86. The Morgan fingerprint density at radius 3 is 2.58 bits per heavy atom. The van der Waals surface area contributed by atoms with Gasteiger partial charge in [-0.25, -0.2) is 9.97 Å². The van der Waals surface area contributed by atoms with Gasteiger partial charge in [-0.15, -0.1) is 0 Å². The van der Waals surface area contributed by atoms with Crippen molar-refractivity contribution in [1.29, 1.82) is 0 Å². The third kappa shape index (κ3) is 4.66. The van der Waals surface area contributed by atoms with Gasteiger partial charge in [-0.2, -0.15) is 9.97 Å². The summed E-state index contributed by atoms with van der Waals surface area (Å²) in [7, 11) is 0. The molecule has 12 heteroatoms. The van der Waals surface area contributed by atoms with Crippen LogP contribution < -0.4 is 14.5 Å². The van der Waals surface area contributed by atoms with E-state index < -0.39 is 23.6 Å². The van der Waals surface area contributed by atoms with E-state index in [1.165, 1.54) is 25.1 Å². The molecule has 2 N–H and O–H groups in total. The molecule has 166 valence electrons. The SMILES string of the molecule is CC(O)N(c1nc(N2CC[S+]([O-])CC2)c2ncnc(OCc3ccco3)c2n1)C(C)O. The number of fused-ring (bicyclic) bond motifs is 1. The summed E-state index contributed by atoms with van der Waals surface area (Å²) >= 11 is -0.865. The second-order valence-electron chi connectivity index (χ2n) is 7.10. The standard InChI is InChI=1S/C19H24N6O5S/c1-12(26)25(13(2)27)19-22-16-15(17(23-19)24-5-8-31(28)9-6-24)20-11-21-18(16)30-10-14-4-3-7-29-14/h3-4,7,11-13,26-27H,5-6,8-10H2,1-2H3. The second-order valence-corrected chi connectivity index (χ2v) is 8.79. The zero-order chi connectivity index (χ0) is 22.0. The quantitative estimate of drug-likeness (QED) is 0.388. The first-order valence-corrected chi connectivity index (χ1v) is 11.3. The van der Waals surface area contributed by atoms with Gasteiger partial charge in [-0.1, -0.05) is 11.2 Å². The number of aliphatic hydroxyl groups is 2. The average Bonchev–Trinajstić information content (AvgIpc) is 3.25. The average molecular weight is 449 g/mol. The lowest BCUT2D eigenvalue weighted by atomic mass is 10.3. The summed E-state index contributed by atoms with van der Waals surface area (Å²) in [5.41, 5.74) is 0.809. The van der Waals surface area contributed by atoms with E-state index in [1.807, 2.05) is 4.90 Å². The molecule has 31 heavy (non-hydrogen) atoms. The molecule has 4 heterocycles. The normalized spacial score (nSPS) is 17.0. The van der Waals surface area contributed by atoms with Crippen LogP contribution in [0.2, 0.25) is 0 Å². The van der Waals surface area contributed by atoms with Gasteiger partial charge in [0.2, 0.25) is 11.8 Å². The number of aromatic nitrogens is 4. The first-order chi connectivity index (χ1) is 14.9. The lowest BCUT2D eigenvalue weighted by molar-refractivity contribution is 0.103. The number of furan rings is 1. The van der Waals surface area contributed by atoms with Crippen LogP contribution in [-0.4, -0.2) is 71.8 Å². The maximum atomic E-state index is 11.8. The van der Waals surface area contributed by atoms with Gasteiger partial charge in [-0.3, -0.25) is 4.90 Å². The molecular formula is C19H24N6O5S. The summed E-state index contributed by atoms with van der Waals surface area (Å²) in [6.07, 6.45) is 0.835. The van der Waals surface area contributed by atoms with E-state index in [0.717, 1.165) is 0 Å². The monoisotopic (exact) mass is 448 g/mol. The van der Waals surface area contributed by atoms with Crippen LogP contribution >= 0.6 is 0 Å². The van der Waals surface area contributed by atoms with Gasteiger partial charge in [0.25, 0.3) is 0 Å². The largest absolute Gasteiger partial charge is 0.616 e. The Labute approximate surface area is 181 Å². The summed E-state index contributed by atoms with van der Waals surface area (Å²) in [6.45, 7) is 4.24. The number of ether oxygens (including phenoxy) is 1. The van der Waals surface area contributed by atoms with Crippen LogP contribution in [0.3, 0.4) is 0 Å². The van der Waals surface area contributed by atoms with Crippen molar-refractivity contribution >= 4 is 34.0 Å². The predicted molar refractivity (Wildman–Crippen MR) is 114 cm³/mol. The Morgan fingerprint density at radius 2 is 1.94 bits per heavy atom. The molecule has 0 spiro atoms. The van der Waals surface area contributed by atoms with Gasteiger partial charge in [0.15, 0.2) is 11.3 Å². The number of hydrogen-bond donors (Lipinski definition) is 2. The number of aliphatic hydroxyl groups excluding tert-OH is 2. The van der Waals surface area contributed by atoms with Gasteiger partial charge < -0.3 is 28.8 Å². The van der Waals surface area contributed by atoms with Crippen molar-refractivity contribution in [2.45, 2.75) is 32.9 Å². The van der Waals surface area contributed by atoms with Crippen molar-refractivity contribution in [2.75, 3.05) is 34.4 Å². The van der Waals surface area contributed by atoms with Crippen LogP contribution in [0.4, 0.5) is 11.8 Å². The summed E-state index contributed by atoms with van der Waals surface area (Å²) in [5, 5.41) is 20.4. The molecule has 11 nitrogen and oxygen atoms in total. The van der Waals surface area contributed by atoms with Crippen molar-refractivity contribution < 1.29 is 23.9 Å². The minimum absolute atomic E-state index is 0.108. The van der Waals surface area contributed by atoms with Crippen LogP contribution in [0.15, 0.2) is 29.1 Å². The molecule has 0 amide bonds. The molecule has 1 aliphatic heterocycles. The van der Waals surface area contributed by atoms with Crippen molar-refractivity contribution in [3.63, 3.8) is 0 Å². The molecule has 0 radical (unpaired) electrons. The van der Waals surface area contributed by atoms with Gasteiger partial charge in [0, 0.05) is 0 Å². The smallest absolute Gasteiger partial charge is 0.244 e. The maximum Gasteiger partial charge on any atom is 0.244 e. The van der Waals surface area contributed by atoms with E-state index >= 15 is 0 Å². The van der Waals surface area contributed by atoms with E-state index in [-0.39, 0.29) is 18.4 Å². The molecule has 2 atom stereocenters. The predicted octanol–water partition coefficient (Wildman–Crippen LogP) is 0.643. The molecule has 2 unspecified atom stereocenters. The minimum Gasteiger partial charge on any atom is -0.616 e. The molecule has 4 rings (SSSR count). The highest BCUT2D eigenvalue weighted by molar-refractivity contribution is 7.91. The second kappa shape index (κ2) is 9.22. The van der Waals surface area contributed by atoms with Crippen LogP contribution in [0.5, 0.6) is 5.88 Å². The topological polar surface area (TPSA) is 144 Å². The number of hydrogen-bond acceptors (Lipinski definition) is 11. The number of rotatable bonds is 7. The molecule has 1 aliphatic rings. The maximum absolute atomic E-state index is 11.8. The van der Waals surface area contributed by atoms with Crippen molar-refractivity contribution in [3.8, 4) is 5.88 Å². The Hall–Kier alpha value is -2.67. The fourth-order valence-corrected chi connectivity index (χ4v) is 4.42. The zero-order valence-corrected chi connectivity index (χ0v) is 18.0. The fraction of sp³-hybridized carbons (Fsp3) is 0.474. The molecule has 1 saturated heterocycles. The zero-order valence-electron chi connectivity index (χ0n) is 17.2. The highest BCUT2D eigenvalue weighted by atomic mass is 32.2. The third-order valence-corrected chi connectivity index (χ3v) is 6.14. The van der Waals surface area contributed by atoms with Gasteiger partial charge in [0.05, 0.1) is 19.4 Å². The van der Waals surface area contributed by atoms with Crippen LogP contribution in [0, 0.1) is 0 Å². The van der Waals surface area contributed by atoms with Crippen LogP contribution in [-0.2, 0) is 17.8 Å². The number of nitrogens with zero attached hydrogens (tertiary/aromatic N) is 6. The Balaban J connectivity index is 1.80. The van der Waals surface area contributed by atoms with E-state index in [9.17, 15) is 14.8 Å². The lowest BCUT2D eigenvalue weighted by Crippen LogP contribution is -2.43. The van der Waals surface area contributed by atoms with E-state index in [2.05, 4.69) is 19.9 Å². The molecule has 3 aromatic heterocycles. The third-order valence-electron chi connectivity index (χ3n) is 4.86. The Bertz CT molecular complexity index is 1000. The van der Waals surface area contributed by atoms with Crippen molar-refractivity contribution in [1.82, 2.24) is 19.9 Å². The summed E-state index contributed by atoms with van der Waals surface area (Å²) in [5.74, 6) is 2.50. The summed E-state index contributed by atoms with van der Waals surface area (Å²) in [4.78, 5) is 21.0. The van der Waals surface area contributed by atoms with Gasteiger partial charge in [-0.05, 0) is 26.0 Å². The fourth-order valence-electron chi connectivity index (χ4n) is 3.37. The molecule has 0 saturated carbocycles. The van der Waals surface area contributed by atoms with E-state index in [1.54, 1.807) is 18.4 Å². The lowest BCUT2D eigenvalue weighted by Gasteiger charge is -2.32. The minimum atomic E-state index is -1.05. The van der Waals surface area contributed by atoms with E-state index in [0.29, 0.717) is 47.2 Å². The number of anilines is 2. The van der Waals surface area contributed by atoms with Crippen molar-refractivity contribution in [2.24, 2.45) is 0 Å². The Kier molecular flexibility index (Phi) is 6.41. The summed E-state index contributed by atoms with van der Waals surface area (Å²) < 4.78 is 23.0. The summed E-state index contributed by atoms with van der Waals surface area (Å²) in [6, 6.07) is 3.55.